The van der Waals surface area contributed by atoms with Gasteiger partial charge in [-0.15, -0.1) is 0 Å². The molecule has 1 aromatic carbocycles. The summed E-state index contributed by atoms with van der Waals surface area (Å²) in [6, 6.07) is 12.4. The van der Waals surface area contributed by atoms with Crippen molar-refractivity contribution in [3.8, 4) is 11.3 Å². The minimum atomic E-state index is 1.02. The molecule has 2 heteroatoms. The van der Waals surface area contributed by atoms with Gasteiger partial charge in [0.15, 0.2) is 0 Å². The van der Waals surface area contributed by atoms with E-state index in [1.165, 1.54) is 5.57 Å². The van der Waals surface area contributed by atoms with Gasteiger partial charge in [-0.3, -0.25) is 4.68 Å². The Bertz CT molecular complexity index is 589. The smallest absolute Gasteiger partial charge is 0.0929 e. The van der Waals surface area contributed by atoms with Crippen LogP contribution in [0.4, 0.5) is 0 Å². The molecule has 2 nitrogen and oxygen atoms in total. The standard InChI is InChI=1S/C15H13N2/c1-17-15(13-9-5-6-10-13)11-14(16-17)12-7-3-2-4-8-12/h2-11H,1H3. The summed E-state index contributed by atoms with van der Waals surface area (Å²) in [7, 11) is 1.98. The van der Waals surface area contributed by atoms with Crippen molar-refractivity contribution in [2.75, 3.05) is 0 Å². The van der Waals surface area contributed by atoms with E-state index in [-0.39, 0.29) is 0 Å². The Morgan fingerprint density at radius 3 is 2.65 bits per heavy atom. The summed E-state index contributed by atoms with van der Waals surface area (Å²) >= 11 is 0. The van der Waals surface area contributed by atoms with Gasteiger partial charge < -0.3 is 0 Å². The minimum absolute atomic E-state index is 1.02. The van der Waals surface area contributed by atoms with E-state index in [1.54, 1.807) is 0 Å². The highest BCUT2D eigenvalue weighted by Gasteiger charge is 2.10. The van der Waals surface area contributed by atoms with E-state index in [4.69, 9.17) is 0 Å². The maximum atomic E-state index is 4.55. The van der Waals surface area contributed by atoms with Crippen molar-refractivity contribution in [3.63, 3.8) is 0 Å². The van der Waals surface area contributed by atoms with Crippen LogP contribution in [0.3, 0.4) is 0 Å². The molecule has 2 aromatic rings. The number of aromatic nitrogens is 2. The number of hydrogen-bond donors (Lipinski definition) is 0. The van der Waals surface area contributed by atoms with Crippen LogP contribution < -0.4 is 0 Å². The maximum absolute atomic E-state index is 4.55. The first-order valence-electron chi connectivity index (χ1n) is 5.66. The Kier molecular flexibility index (Phi) is 2.41. The molecule has 0 fully saturated rings. The van der Waals surface area contributed by atoms with Crippen molar-refractivity contribution >= 4 is 5.57 Å². The average Bonchev–Trinajstić information content (AvgIpc) is 2.99. The fourth-order valence-corrected chi connectivity index (χ4v) is 2.03. The van der Waals surface area contributed by atoms with Crippen molar-refractivity contribution in [3.05, 3.63) is 66.7 Å². The highest BCUT2D eigenvalue weighted by molar-refractivity contribution is 5.78. The van der Waals surface area contributed by atoms with Crippen LogP contribution >= 0.6 is 0 Å². The van der Waals surface area contributed by atoms with Gasteiger partial charge >= 0.3 is 0 Å². The van der Waals surface area contributed by atoms with E-state index in [2.05, 4.69) is 35.4 Å². The summed E-state index contributed by atoms with van der Waals surface area (Å²) in [6.45, 7) is 0. The molecule has 0 spiro atoms. The average molecular weight is 221 g/mol. The molecule has 1 aliphatic carbocycles. The molecule has 0 aliphatic heterocycles. The second-order valence-corrected chi connectivity index (χ2v) is 4.08. The van der Waals surface area contributed by atoms with Crippen molar-refractivity contribution in [2.24, 2.45) is 7.05 Å². The molecule has 0 bridgehead atoms. The van der Waals surface area contributed by atoms with E-state index in [9.17, 15) is 0 Å². The van der Waals surface area contributed by atoms with Crippen LogP contribution in [0, 0.1) is 6.42 Å². The van der Waals surface area contributed by atoms with Crippen LogP contribution in [0.25, 0.3) is 16.8 Å². The van der Waals surface area contributed by atoms with Gasteiger partial charge in [0.1, 0.15) is 0 Å². The first kappa shape index (κ1) is 10.1. The fourth-order valence-electron chi connectivity index (χ4n) is 2.03. The second kappa shape index (κ2) is 4.06. The molecular weight excluding hydrogens is 208 g/mol. The Labute approximate surface area is 101 Å². The van der Waals surface area contributed by atoms with Crippen LogP contribution in [0.1, 0.15) is 5.69 Å². The largest absolute Gasteiger partial charge is 0.267 e. The van der Waals surface area contributed by atoms with E-state index >= 15 is 0 Å². The molecule has 0 amide bonds. The zero-order chi connectivity index (χ0) is 11.7. The molecule has 83 valence electrons. The second-order valence-electron chi connectivity index (χ2n) is 4.08. The van der Waals surface area contributed by atoms with Crippen molar-refractivity contribution in [1.29, 1.82) is 0 Å². The molecule has 17 heavy (non-hydrogen) atoms. The molecule has 3 rings (SSSR count). The summed E-state index contributed by atoms with van der Waals surface area (Å²) in [6.07, 6.45) is 8.30. The number of aryl methyl sites for hydroxylation is 1. The number of hydrogen-bond acceptors (Lipinski definition) is 1. The van der Waals surface area contributed by atoms with Gasteiger partial charge in [0.2, 0.25) is 0 Å². The van der Waals surface area contributed by atoms with E-state index in [1.807, 2.05) is 42.4 Å². The van der Waals surface area contributed by atoms with Crippen LogP contribution in [0.5, 0.6) is 0 Å². The van der Waals surface area contributed by atoms with E-state index < -0.39 is 0 Å². The summed E-state index contributed by atoms with van der Waals surface area (Å²) in [5, 5.41) is 4.55. The van der Waals surface area contributed by atoms with Gasteiger partial charge in [-0.1, -0.05) is 48.6 Å². The summed E-state index contributed by atoms with van der Waals surface area (Å²) in [4.78, 5) is 0. The zero-order valence-electron chi connectivity index (χ0n) is 9.67. The topological polar surface area (TPSA) is 17.8 Å². The first-order valence-corrected chi connectivity index (χ1v) is 5.66. The third-order valence-corrected chi connectivity index (χ3v) is 2.91. The zero-order valence-corrected chi connectivity index (χ0v) is 9.67. The number of allylic oxidation sites excluding steroid dienone is 4. The molecule has 1 heterocycles. The number of rotatable bonds is 2. The monoisotopic (exact) mass is 221 g/mol. The molecule has 1 aromatic heterocycles. The Morgan fingerprint density at radius 2 is 1.94 bits per heavy atom. The fraction of sp³-hybridized carbons (Fsp3) is 0.0667. The van der Waals surface area contributed by atoms with Gasteiger partial charge in [0.25, 0.3) is 0 Å². The maximum Gasteiger partial charge on any atom is 0.0929 e. The molecule has 0 N–H and O–H groups in total. The van der Waals surface area contributed by atoms with Crippen LogP contribution in [0.2, 0.25) is 0 Å². The van der Waals surface area contributed by atoms with Crippen LogP contribution in [-0.4, -0.2) is 9.78 Å². The van der Waals surface area contributed by atoms with Crippen LogP contribution in [-0.2, 0) is 7.05 Å². The molecule has 0 unspecified atom stereocenters. The van der Waals surface area contributed by atoms with Gasteiger partial charge in [0, 0.05) is 19.0 Å². The van der Waals surface area contributed by atoms with Gasteiger partial charge in [0.05, 0.1) is 11.4 Å². The summed E-state index contributed by atoms with van der Waals surface area (Å²) in [5.41, 5.74) is 4.53. The first-order chi connectivity index (χ1) is 8.34. The molecule has 0 atom stereocenters. The van der Waals surface area contributed by atoms with E-state index in [0.29, 0.717) is 0 Å². The highest BCUT2D eigenvalue weighted by Crippen LogP contribution is 2.25. The SMILES string of the molecule is Cn1nc(-c2ccccc2)cc1C1=C[CH]C=C1. The molecule has 1 aliphatic rings. The lowest BCUT2D eigenvalue weighted by Gasteiger charge is -1.98. The van der Waals surface area contributed by atoms with Crippen molar-refractivity contribution in [1.82, 2.24) is 9.78 Å². The van der Waals surface area contributed by atoms with Gasteiger partial charge in [-0.25, -0.2) is 0 Å². The van der Waals surface area contributed by atoms with Crippen molar-refractivity contribution < 1.29 is 0 Å². The van der Waals surface area contributed by atoms with E-state index in [0.717, 1.165) is 17.0 Å². The lowest BCUT2D eigenvalue weighted by atomic mass is 10.1. The summed E-state index contributed by atoms with van der Waals surface area (Å²) < 4.78 is 1.93. The third kappa shape index (κ3) is 1.82. The quantitative estimate of drug-likeness (QED) is 0.761. The summed E-state index contributed by atoms with van der Waals surface area (Å²) in [5.74, 6) is 0. The van der Waals surface area contributed by atoms with Crippen molar-refractivity contribution in [2.45, 2.75) is 0 Å². The third-order valence-electron chi connectivity index (χ3n) is 2.91. The van der Waals surface area contributed by atoms with Crippen LogP contribution in [0.15, 0.2) is 54.6 Å². The number of nitrogens with zero attached hydrogens (tertiary/aromatic N) is 2. The molecule has 0 saturated heterocycles. The lowest BCUT2D eigenvalue weighted by Crippen LogP contribution is -1.95. The molecular formula is C15H13N2. The highest BCUT2D eigenvalue weighted by atomic mass is 15.3. The van der Waals surface area contributed by atoms with Gasteiger partial charge in [-0.05, 0) is 11.6 Å². The normalized spacial score (nSPS) is 14.1. The predicted molar refractivity (Wildman–Crippen MR) is 70.1 cm³/mol. The Morgan fingerprint density at radius 1 is 1.12 bits per heavy atom. The lowest BCUT2D eigenvalue weighted by molar-refractivity contribution is 0.760. The Balaban J connectivity index is 2.04. The molecule has 1 radical (unpaired) electrons. The van der Waals surface area contributed by atoms with Gasteiger partial charge in [-0.2, -0.15) is 5.10 Å². The number of benzene rings is 1. The minimum Gasteiger partial charge on any atom is -0.267 e. The molecule has 0 saturated carbocycles. The predicted octanol–water partition coefficient (Wildman–Crippen LogP) is 3.24. The Hall–Kier alpha value is -2.09.